The molecule has 1 amide bonds. The SMILES string of the molecule is Cc1ccc(-n2nc(-c3ccccc3F)cc2C(=O)NCc2ccc(F)cc2)cc1. The van der Waals surface area contributed by atoms with Crippen molar-refractivity contribution in [2.45, 2.75) is 13.5 Å². The van der Waals surface area contributed by atoms with Gasteiger partial charge in [0.05, 0.1) is 11.4 Å². The van der Waals surface area contributed by atoms with Gasteiger partial charge in [-0.15, -0.1) is 0 Å². The molecule has 0 spiro atoms. The van der Waals surface area contributed by atoms with Crippen molar-refractivity contribution in [2.75, 3.05) is 0 Å². The lowest BCUT2D eigenvalue weighted by molar-refractivity contribution is 0.0943. The van der Waals surface area contributed by atoms with E-state index < -0.39 is 5.82 Å². The largest absolute Gasteiger partial charge is 0.347 e. The Labute approximate surface area is 172 Å². The minimum absolute atomic E-state index is 0.229. The third-order valence-electron chi connectivity index (χ3n) is 4.74. The van der Waals surface area contributed by atoms with Crippen molar-refractivity contribution in [1.82, 2.24) is 15.1 Å². The van der Waals surface area contributed by atoms with Gasteiger partial charge in [-0.05, 0) is 55.0 Å². The van der Waals surface area contributed by atoms with Crippen molar-refractivity contribution in [2.24, 2.45) is 0 Å². The van der Waals surface area contributed by atoms with E-state index in [0.717, 1.165) is 11.1 Å². The molecule has 0 radical (unpaired) electrons. The van der Waals surface area contributed by atoms with Crippen molar-refractivity contribution in [3.05, 3.63) is 107 Å². The number of carbonyl (C=O) groups is 1. The molecule has 0 aliphatic carbocycles. The van der Waals surface area contributed by atoms with Gasteiger partial charge in [-0.2, -0.15) is 5.10 Å². The molecular weight excluding hydrogens is 384 g/mol. The number of halogens is 2. The molecule has 0 saturated heterocycles. The highest BCUT2D eigenvalue weighted by Gasteiger charge is 2.19. The number of nitrogens with one attached hydrogen (secondary N) is 1. The van der Waals surface area contributed by atoms with E-state index in [1.165, 1.54) is 22.9 Å². The van der Waals surface area contributed by atoms with E-state index in [4.69, 9.17) is 0 Å². The Morgan fingerprint density at radius 3 is 2.37 bits per heavy atom. The molecule has 3 aromatic carbocycles. The van der Waals surface area contributed by atoms with E-state index in [9.17, 15) is 13.6 Å². The molecule has 6 heteroatoms. The third kappa shape index (κ3) is 4.12. The van der Waals surface area contributed by atoms with Crippen molar-refractivity contribution in [3.8, 4) is 16.9 Å². The Bertz CT molecular complexity index is 1180. The summed E-state index contributed by atoms with van der Waals surface area (Å²) < 4.78 is 28.9. The van der Waals surface area contributed by atoms with Crippen LogP contribution in [0.1, 0.15) is 21.6 Å². The second kappa shape index (κ2) is 8.29. The summed E-state index contributed by atoms with van der Waals surface area (Å²) >= 11 is 0. The predicted molar refractivity (Wildman–Crippen MR) is 111 cm³/mol. The topological polar surface area (TPSA) is 46.9 Å². The average molecular weight is 403 g/mol. The molecular formula is C24H19F2N3O. The molecule has 30 heavy (non-hydrogen) atoms. The fourth-order valence-corrected chi connectivity index (χ4v) is 3.10. The number of hydrogen-bond acceptors (Lipinski definition) is 2. The molecule has 0 unspecified atom stereocenters. The van der Waals surface area contributed by atoms with E-state index in [1.54, 1.807) is 36.4 Å². The van der Waals surface area contributed by atoms with Gasteiger partial charge in [0.2, 0.25) is 0 Å². The lowest BCUT2D eigenvalue weighted by Gasteiger charge is -2.09. The van der Waals surface area contributed by atoms with E-state index in [2.05, 4.69) is 10.4 Å². The number of amides is 1. The van der Waals surface area contributed by atoms with Crippen molar-refractivity contribution in [3.63, 3.8) is 0 Å². The van der Waals surface area contributed by atoms with Gasteiger partial charge < -0.3 is 5.32 Å². The van der Waals surface area contributed by atoms with Gasteiger partial charge in [0.25, 0.3) is 5.91 Å². The summed E-state index contributed by atoms with van der Waals surface area (Å²) in [7, 11) is 0. The summed E-state index contributed by atoms with van der Waals surface area (Å²) in [5, 5.41) is 7.31. The smallest absolute Gasteiger partial charge is 0.270 e. The Balaban J connectivity index is 1.69. The molecule has 4 aromatic rings. The van der Waals surface area contributed by atoms with E-state index in [0.29, 0.717) is 16.9 Å². The molecule has 0 saturated carbocycles. The molecule has 0 atom stereocenters. The zero-order valence-corrected chi connectivity index (χ0v) is 16.3. The molecule has 1 heterocycles. The first-order valence-electron chi connectivity index (χ1n) is 9.46. The van der Waals surface area contributed by atoms with Crippen LogP contribution in [-0.4, -0.2) is 15.7 Å². The molecule has 0 bridgehead atoms. The molecule has 4 nitrogen and oxygen atoms in total. The van der Waals surface area contributed by atoms with Gasteiger partial charge in [-0.3, -0.25) is 4.79 Å². The van der Waals surface area contributed by atoms with Crippen LogP contribution in [-0.2, 0) is 6.54 Å². The number of benzene rings is 3. The Hall–Kier alpha value is -3.80. The van der Waals surface area contributed by atoms with Gasteiger partial charge in [-0.1, -0.05) is 42.0 Å². The van der Waals surface area contributed by atoms with Crippen molar-refractivity contribution in [1.29, 1.82) is 0 Å². The molecule has 0 aliphatic rings. The Kier molecular flexibility index (Phi) is 5.39. The standard InChI is InChI=1S/C24H19F2N3O/c1-16-6-12-19(13-7-16)29-23(14-22(28-29)20-4-2-3-5-21(20)26)24(30)27-15-17-8-10-18(25)11-9-17/h2-14H,15H2,1H3,(H,27,30). The van der Waals surface area contributed by atoms with Gasteiger partial charge in [-0.25, -0.2) is 13.5 Å². The highest BCUT2D eigenvalue weighted by atomic mass is 19.1. The van der Waals surface area contributed by atoms with Crippen LogP contribution in [0, 0.1) is 18.6 Å². The van der Waals surface area contributed by atoms with Crippen LogP contribution in [0.25, 0.3) is 16.9 Å². The van der Waals surface area contributed by atoms with E-state index in [1.807, 2.05) is 31.2 Å². The van der Waals surface area contributed by atoms with Crippen LogP contribution in [0.5, 0.6) is 0 Å². The van der Waals surface area contributed by atoms with Gasteiger partial charge in [0.15, 0.2) is 0 Å². The highest BCUT2D eigenvalue weighted by molar-refractivity contribution is 5.94. The first-order chi connectivity index (χ1) is 14.5. The number of aromatic nitrogens is 2. The molecule has 1 aromatic heterocycles. The van der Waals surface area contributed by atoms with Crippen LogP contribution in [0.3, 0.4) is 0 Å². The number of aryl methyl sites for hydroxylation is 1. The third-order valence-corrected chi connectivity index (χ3v) is 4.74. The summed E-state index contributed by atoms with van der Waals surface area (Å²) in [5.41, 5.74) is 3.48. The number of nitrogens with zero attached hydrogens (tertiary/aromatic N) is 2. The fraction of sp³-hybridized carbons (Fsp3) is 0.0833. The first-order valence-corrected chi connectivity index (χ1v) is 9.46. The zero-order valence-electron chi connectivity index (χ0n) is 16.3. The van der Waals surface area contributed by atoms with Crippen molar-refractivity contribution < 1.29 is 13.6 Å². The molecule has 1 N–H and O–H groups in total. The summed E-state index contributed by atoms with van der Waals surface area (Å²) in [4.78, 5) is 12.9. The lowest BCUT2D eigenvalue weighted by Crippen LogP contribution is -2.25. The Morgan fingerprint density at radius 1 is 0.967 bits per heavy atom. The summed E-state index contributed by atoms with van der Waals surface area (Å²) in [6.45, 7) is 2.20. The van der Waals surface area contributed by atoms with Gasteiger partial charge >= 0.3 is 0 Å². The summed E-state index contributed by atoms with van der Waals surface area (Å²) in [6.07, 6.45) is 0. The molecule has 150 valence electrons. The fourth-order valence-electron chi connectivity index (χ4n) is 3.10. The maximum Gasteiger partial charge on any atom is 0.270 e. The van der Waals surface area contributed by atoms with Crippen LogP contribution < -0.4 is 5.32 Å². The second-order valence-electron chi connectivity index (χ2n) is 6.95. The zero-order chi connectivity index (χ0) is 21.1. The van der Waals surface area contributed by atoms with Crippen LogP contribution in [0.15, 0.2) is 78.9 Å². The minimum Gasteiger partial charge on any atom is -0.347 e. The Morgan fingerprint density at radius 2 is 1.67 bits per heavy atom. The lowest BCUT2D eigenvalue weighted by atomic mass is 10.1. The predicted octanol–water partition coefficient (Wildman–Crippen LogP) is 5.06. The van der Waals surface area contributed by atoms with Crippen LogP contribution in [0.4, 0.5) is 8.78 Å². The molecule has 0 fully saturated rings. The highest BCUT2D eigenvalue weighted by Crippen LogP contribution is 2.24. The number of rotatable bonds is 5. The average Bonchev–Trinajstić information content (AvgIpc) is 3.19. The quantitative estimate of drug-likeness (QED) is 0.507. The van der Waals surface area contributed by atoms with Gasteiger partial charge in [0.1, 0.15) is 17.3 Å². The monoisotopic (exact) mass is 403 g/mol. The van der Waals surface area contributed by atoms with E-state index >= 15 is 0 Å². The van der Waals surface area contributed by atoms with Crippen LogP contribution >= 0.6 is 0 Å². The maximum absolute atomic E-state index is 14.3. The molecule has 4 rings (SSSR count). The number of hydrogen-bond donors (Lipinski definition) is 1. The minimum atomic E-state index is -0.413. The molecule has 0 aliphatic heterocycles. The van der Waals surface area contributed by atoms with Crippen molar-refractivity contribution >= 4 is 5.91 Å². The second-order valence-corrected chi connectivity index (χ2v) is 6.95. The summed E-state index contributed by atoms with van der Waals surface area (Å²) in [6, 6.07) is 21.3. The number of carbonyl (C=O) groups excluding carboxylic acids is 1. The normalized spacial score (nSPS) is 10.8. The summed E-state index contributed by atoms with van der Waals surface area (Å²) in [5.74, 6) is -1.11. The first kappa shape index (κ1) is 19.5. The van der Waals surface area contributed by atoms with Gasteiger partial charge in [0, 0.05) is 12.1 Å². The van der Waals surface area contributed by atoms with E-state index in [-0.39, 0.29) is 24.0 Å². The maximum atomic E-state index is 14.3. The van der Waals surface area contributed by atoms with Crippen LogP contribution in [0.2, 0.25) is 0 Å².